The SMILES string of the molecule is COc1cc(CO)cc2c1O[C@@H]1[C@@H](O)[C@H](N(Cc3ccccc3)C(=O)CC(C)C)C=C(C(=O)NCCO)[C@H]21. The van der Waals surface area contributed by atoms with E-state index in [1.54, 1.807) is 23.1 Å². The summed E-state index contributed by atoms with van der Waals surface area (Å²) in [5, 5.41) is 33.5. The van der Waals surface area contributed by atoms with E-state index in [1.165, 1.54) is 7.11 Å². The van der Waals surface area contributed by atoms with Crippen LogP contribution in [0.25, 0.3) is 0 Å². The van der Waals surface area contributed by atoms with Crippen LogP contribution in [0.3, 0.4) is 0 Å². The number of carbonyl (C=O) groups is 2. The van der Waals surface area contributed by atoms with Gasteiger partial charge >= 0.3 is 0 Å². The molecule has 0 radical (unpaired) electrons. The van der Waals surface area contributed by atoms with Gasteiger partial charge in [0, 0.05) is 30.6 Å². The lowest BCUT2D eigenvalue weighted by atomic mass is 9.77. The Kier molecular flexibility index (Phi) is 8.71. The van der Waals surface area contributed by atoms with Crippen LogP contribution in [0.4, 0.5) is 0 Å². The maximum absolute atomic E-state index is 13.5. The number of benzene rings is 2. The average Bonchev–Trinajstić information content (AvgIpc) is 3.30. The predicted octanol–water partition coefficient (Wildman–Crippen LogP) is 1.89. The molecule has 0 unspecified atom stereocenters. The first-order valence-corrected chi connectivity index (χ1v) is 12.9. The molecular weight excluding hydrogens is 488 g/mol. The minimum absolute atomic E-state index is 0.0501. The summed E-state index contributed by atoms with van der Waals surface area (Å²) >= 11 is 0. The summed E-state index contributed by atoms with van der Waals surface area (Å²) in [6.45, 7) is 3.74. The number of aliphatic hydroxyl groups is 3. The first-order valence-electron chi connectivity index (χ1n) is 12.9. The molecule has 9 heteroatoms. The first-order chi connectivity index (χ1) is 18.3. The minimum Gasteiger partial charge on any atom is -0.493 e. The van der Waals surface area contributed by atoms with Crippen LogP contribution in [0.1, 0.15) is 42.9 Å². The van der Waals surface area contributed by atoms with Crippen LogP contribution < -0.4 is 14.8 Å². The molecule has 2 aliphatic rings. The molecule has 4 atom stereocenters. The number of aliphatic hydroxyl groups excluding tert-OH is 3. The molecule has 204 valence electrons. The lowest BCUT2D eigenvalue weighted by Gasteiger charge is -2.41. The maximum atomic E-state index is 13.5. The number of nitrogens with one attached hydrogen (secondary N) is 1. The van der Waals surface area contributed by atoms with Gasteiger partial charge < -0.3 is 35.0 Å². The van der Waals surface area contributed by atoms with E-state index in [0.717, 1.165) is 5.56 Å². The van der Waals surface area contributed by atoms with E-state index in [-0.39, 0.29) is 44.5 Å². The number of ether oxygens (including phenoxy) is 2. The molecule has 0 spiro atoms. The molecule has 0 bridgehead atoms. The van der Waals surface area contributed by atoms with Crippen LogP contribution in [0.15, 0.2) is 54.1 Å². The average molecular weight is 525 g/mol. The largest absolute Gasteiger partial charge is 0.493 e. The van der Waals surface area contributed by atoms with E-state index in [0.29, 0.717) is 28.2 Å². The zero-order chi connectivity index (χ0) is 27.4. The van der Waals surface area contributed by atoms with Gasteiger partial charge in [0.1, 0.15) is 12.2 Å². The van der Waals surface area contributed by atoms with E-state index in [9.17, 15) is 24.9 Å². The normalized spacial score (nSPS) is 21.7. The van der Waals surface area contributed by atoms with Gasteiger partial charge in [-0.2, -0.15) is 0 Å². The molecule has 2 amide bonds. The van der Waals surface area contributed by atoms with Crippen molar-refractivity contribution >= 4 is 11.8 Å². The Bertz CT molecular complexity index is 1180. The Balaban J connectivity index is 1.81. The first kappa shape index (κ1) is 27.6. The lowest BCUT2D eigenvalue weighted by Crippen LogP contribution is -2.55. The van der Waals surface area contributed by atoms with Crippen molar-refractivity contribution in [1.29, 1.82) is 0 Å². The summed E-state index contributed by atoms with van der Waals surface area (Å²) in [5.41, 5.74) is 2.41. The Morgan fingerprint density at radius 3 is 2.50 bits per heavy atom. The van der Waals surface area contributed by atoms with E-state index < -0.39 is 30.1 Å². The fourth-order valence-corrected chi connectivity index (χ4v) is 5.23. The highest BCUT2D eigenvalue weighted by molar-refractivity contribution is 5.96. The molecule has 2 aromatic carbocycles. The van der Waals surface area contributed by atoms with Crippen molar-refractivity contribution in [3.05, 3.63) is 70.8 Å². The van der Waals surface area contributed by atoms with Gasteiger partial charge in [-0.1, -0.05) is 44.2 Å². The summed E-state index contributed by atoms with van der Waals surface area (Å²) in [6.07, 6.45) is -0.0959. The number of amides is 2. The molecule has 0 fully saturated rings. The summed E-state index contributed by atoms with van der Waals surface area (Å²) in [6, 6.07) is 12.1. The Hall–Kier alpha value is -3.40. The van der Waals surface area contributed by atoms with Gasteiger partial charge in [0.15, 0.2) is 11.5 Å². The summed E-state index contributed by atoms with van der Waals surface area (Å²) in [5.74, 6) is -0.354. The third-order valence-electron chi connectivity index (χ3n) is 6.95. The number of nitrogens with zero attached hydrogens (tertiary/aromatic N) is 1. The lowest BCUT2D eigenvalue weighted by molar-refractivity contribution is -0.138. The van der Waals surface area contributed by atoms with E-state index in [1.807, 2.05) is 44.2 Å². The van der Waals surface area contributed by atoms with Crippen LogP contribution in [0.2, 0.25) is 0 Å². The number of methoxy groups -OCH3 is 1. The van der Waals surface area contributed by atoms with Crippen LogP contribution in [-0.4, -0.2) is 70.5 Å². The minimum atomic E-state index is -1.15. The van der Waals surface area contributed by atoms with Gasteiger partial charge in [-0.25, -0.2) is 0 Å². The Morgan fingerprint density at radius 2 is 1.87 bits per heavy atom. The monoisotopic (exact) mass is 524 g/mol. The second kappa shape index (κ2) is 12.0. The topological polar surface area (TPSA) is 129 Å². The molecule has 0 saturated heterocycles. The fourth-order valence-electron chi connectivity index (χ4n) is 5.23. The zero-order valence-electron chi connectivity index (χ0n) is 22.0. The molecule has 2 aromatic rings. The Labute approximate surface area is 222 Å². The van der Waals surface area contributed by atoms with Crippen molar-refractivity contribution in [2.75, 3.05) is 20.3 Å². The number of rotatable bonds is 10. The zero-order valence-corrected chi connectivity index (χ0v) is 22.0. The fraction of sp³-hybridized carbons (Fsp3) is 0.448. The number of fused-ring (bicyclic) bond motifs is 3. The second-order valence-electron chi connectivity index (χ2n) is 10.1. The van der Waals surface area contributed by atoms with E-state index in [4.69, 9.17) is 9.47 Å². The van der Waals surface area contributed by atoms with Crippen molar-refractivity contribution < 1.29 is 34.4 Å². The molecule has 1 aliphatic carbocycles. The van der Waals surface area contributed by atoms with Gasteiger partial charge in [0.2, 0.25) is 11.8 Å². The molecule has 1 heterocycles. The number of hydrogen-bond acceptors (Lipinski definition) is 7. The van der Waals surface area contributed by atoms with E-state index in [2.05, 4.69) is 5.32 Å². The molecule has 4 rings (SSSR count). The smallest absolute Gasteiger partial charge is 0.247 e. The highest BCUT2D eigenvalue weighted by Gasteiger charge is 2.51. The van der Waals surface area contributed by atoms with Crippen molar-refractivity contribution in [2.45, 2.75) is 57.6 Å². The van der Waals surface area contributed by atoms with Crippen LogP contribution >= 0.6 is 0 Å². The maximum Gasteiger partial charge on any atom is 0.247 e. The standard InChI is InChI=1S/C29H36N2O7/c1-17(2)11-24(34)31(15-18-7-5-4-6-8-18)22-14-21(29(36)30-9-10-32)25-20-12-19(16-33)13-23(37-3)27(20)38-28(25)26(22)35/h4-8,12-14,17,22,25-26,28,32-33,35H,9-11,15-16H2,1-3H3,(H,30,36)/t22-,25+,26+,28+/m1/s1. The highest BCUT2D eigenvalue weighted by Crippen LogP contribution is 2.51. The third kappa shape index (κ3) is 5.55. The summed E-state index contributed by atoms with van der Waals surface area (Å²) in [4.78, 5) is 28.5. The number of carbonyl (C=O) groups excluding carboxylic acids is 2. The van der Waals surface area contributed by atoms with Gasteiger partial charge in [0.05, 0.1) is 32.3 Å². The number of hydrogen-bond donors (Lipinski definition) is 4. The van der Waals surface area contributed by atoms with Crippen molar-refractivity contribution in [2.24, 2.45) is 5.92 Å². The molecule has 9 nitrogen and oxygen atoms in total. The molecule has 4 N–H and O–H groups in total. The molecule has 1 aliphatic heterocycles. The van der Waals surface area contributed by atoms with Crippen molar-refractivity contribution in [3.63, 3.8) is 0 Å². The Morgan fingerprint density at radius 1 is 1.13 bits per heavy atom. The summed E-state index contributed by atoms with van der Waals surface area (Å²) in [7, 11) is 1.48. The van der Waals surface area contributed by atoms with Gasteiger partial charge in [-0.05, 0) is 35.3 Å². The second-order valence-corrected chi connectivity index (χ2v) is 10.1. The van der Waals surface area contributed by atoms with Crippen LogP contribution in [0, 0.1) is 5.92 Å². The van der Waals surface area contributed by atoms with Gasteiger partial charge in [-0.15, -0.1) is 0 Å². The highest BCUT2D eigenvalue weighted by atomic mass is 16.5. The van der Waals surface area contributed by atoms with Gasteiger partial charge in [0.25, 0.3) is 0 Å². The molecule has 38 heavy (non-hydrogen) atoms. The van der Waals surface area contributed by atoms with Gasteiger partial charge in [-0.3, -0.25) is 9.59 Å². The van der Waals surface area contributed by atoms with Crippen LogP contribution in [-0.2, 0) is 22.7 Å². The molecular formula is C29H36N2O7. The quantitative estimate of drug-likeness (QED) is 0.374. The molecule has 0 saturated carbocycles. The predicted molar refractivity (Wildman–Crippen MR) is 140 cm³/mol. The van der Waals surface area contributed by atoms with Crippen LogP contribution in [0.5, 0.6) is 11.5 Å². The molecule has 0 aromatic heterocycles. The van der Waals surface area contributed by atoms with Crippen molar-refractivity contribution in [3.8, 4) is 11.5 Å². The van der Waals surface area contributed by atoms with Crippen molar-refractivity contribution in [1.82, 2.24) is 10.2 Å². The van der Waals surface area contributed by atoms with E-state index >= 15 is 0 Å². The third-order valence-corrected chi connectivity index (χ3v) is 6.95. The summed E-state index contributed by atoms with van der Waals surface area (Å²) < 4.78 is 11.8.